The molecule has 0 bridgehead atoms. The Hall–Kier alpha value is -8.30. The van der Waals surface area contributed by atoms with Gasteiger partial charge < -0.3 is 46.6 Å². The lowest BCUT2D eigenvalue weighted by molar-refractivity contribution is -0.704. The van der Waals surface area contributed by atoms with Gasteiger partial charge in [0.15, 0.2) is 37.6 Å². The number of hydrazine groups is 2. The summed E-state index contributed by atoms with van der Waals surface area (Å²) in [6.07, 6.45) is 13.9. The van der Waals surface area contributed by atoms with Crippen LogP contribution in [0.2, 0.25) is 0 Å². The molecule has 402 valence electrons. The number of unbranched alkanes of at least 4 members (excludes halogenated alkanes) is 5. The van der Waals surface area contributed by atoms with Crippen LogP contribution >= 0.6 is 0 Å². The molecule has 0 radical (unpaired) electrons. The predicted molar refractivity (Wildman–Crippen MR) is 293 cm³/mol. The van der Waals surface area contributed by atoms with Crippen LogP contribution in [0.25, 0.3) is 0 Å². The molecular formula is C56H72N12O8+2. The lowest BCUT2D eigenvalue weighted by atomic mass is 10.2. The highest BCUT2D eigenvalue weighted by Crippen LogP contribution is 2.20. The normalized spacial score (nSPS) is 11.1. The number of amides is 6. The molecule has 0 saturated carbocycles. The van der Waals surface area contributed by atoms with Crippen LogP contribution in [-0.4, -0.2) is 61.5 Å². The highest BCUT2D eigenvalue weighted by molar-refractivity contribution is 6.00. The van der Waals surface area contributed by atoms with Crippen molar-refractivity contribution in [3.63, 3.8) is 0 Å². The molecule has 20 heteroatoms. The number of pyridine rings is 2. The Morgan fingerprint density at radius 2 is 1.05 bits per heavy atom. The molecule has 0 spiro atoms. The fourth-order valence-electron chi connectivity index (χ4n) is 7.27. The smallest absolute Gasteiger partial charge is 0.323 e. The number of carbonyl (C=O) groups excluding carboxylic acids is 4. The van der Waals surface area contributed by atoms with E-state index in [9.17, 15) is 24.3 Å². The summed E-state index contributed by atoms with van der Waals surface area (Å²) < 4.78 is 14.8. The molecule has 1 unspecified atom stereocenters. The summed E-state index contributed by atoms with van der Waals surface area (Å²) in [6.45, 7) is 7.34. The highest BCUT2D eigenvalue weighted by Gasteiger charge is 2.15. The van der Waals surface area contributed by atoms with E-state index < -0.39 is 12.3 Å². The number of hydrogen-bond acceptors (Lipinski definition) is 12. The van der Waals surface area contributed by atoms with E-state index in [-0.39, 0.29) is 30.9 Å². The number of hydroxylamine groups is 1. The number of aliphatic hydroxyl groups is 1. The number of carbonyl (C=O) groups is 4. The lowest BCUT2D eigenvalue weighted by Crippen LogP contribution is -2.47. The Bertz CT molecular complexity index is 2700. The number of ether oxygens (including phenoxy) is 2. The minimum absolute atomic E-state index is 0.0150. The number of nitrogens with zero attached hydrogens (tertiary/aromatic N) is 2. The van der Waals surface area contributed by atoms with Crippen LogP contribution in [0, 0.1) is 0 Å². The maximum absolute atomic E-state index is 12.9. The largest absolute Gasteiger partial charge is 0.494 e. The van der Waals surface area contributed by atoms with Crippen LogP contribution in [0.1, 0.15) is 81.1 Å². The predicted octanol–water partition coefficient (Wildman–Crippen LogP) is 8.00. The third-order valence-electron chi connectivity index (χ3n) is 11.4. The van der Waals surface area contributed by atoms with E-state index >= 15 is 0 Å². The van der Waals surface area contributed by atoms with Crippen molar-refractivity contribution in [3.05, 3.63) is 157 Å². The van der Waals surface area contributed by atoms with Crippen LogP contribution in [0.4, 0.5) is 43.7 Å². The van der Waals surface area contributed by atoms with Crippen molar-refractivity contribution in [2.24, 2.45) is 0 Å². The van der Waals surface area contributed by atoms with E-state index in [4.69, 9.17) is 14.3 Å². The average Bonchev–Trinajstić information content (AvgIpc) is 3.42. The SMILES string of the molecule is CCCCOc1ccc(NC(=O)Nc2ccc(NNC(=O)C[n+]3cccc(C(=O)NCCCCCCNOCc4ccc[n+](CC(O)NNc5ccc(NC(=O)Nc6ccc(OCCCC)cc6)cc5)c4)c3)cc2)cc1. The summed E-state index contributed by atoms with van der Waals surface area (Å²) >= 11 is 0. The second-order valence-electron chi connectivity index (χ2n) is 17.8. The second-order valence-corrected chi connectivity index (χ2v) is 17.8. The topological polar surface area (TPSA) is 244 Å². The number of nitrogens with one attached hydrogen (secondary N) is 10. The first-order valence-corrected chi connectivity index (χ1v) is 25.8. The number of aliphatic hydroxyl groups excluding tert-OH is 1. The van der Waals surface area contributed by atoms with E-state index in [0.717, 1.165) is 68.4 Å². The minimum Gasteiger partial charge on any atom is -0.494 e. The van der Waals surface area contributed by atoms with Crippen molar-refractivity contribution in [2.45, 2.75) is 91.1 Å². The number of benzene rings is 4. The van der Waals surface area contributed by atoms with Crippen LogP contribution in [0.5, 0.6) is 11.5 Å². The molecule has 6 rings (SSSR count). The minimum atomic E-state index is -0.905. The molecule has 0 aliphatic heterocycles. The van der Waals surface area contributed by atoms with Gasteiger partial charge in [0.25, 0.3) is 5.91 Å². The molecule has 1 atom stereocenters. The van der Waals surface area contributed by atoms with Gasteiger partial charge >= 0.3 is 18.0 Å². The molecule has 20 nitrogen and oxygen atoms in total. The molecule has 76 heavy (non-hydrogen) atoms. The number of urea groups is 2. The molecule has 6 amide bonds. The number of hydrogen-bond donors (Lipinski definition) is 11. The van der Waals surface area contributed by atoms with E-state index in [0.29, 0.717) is 72.6 Å². The van der Waals surface area contributed by atoms with Crippen molar-refractivity contribution >= 4 is 58.0 Å². The first kappa shape index (κ1) is 57.0. The molecule has 6 aromatic rings. The van der Waals surface area contributed by atoms with Gasteiger partial charge in [-0.15, -0.1) is 0 Å². The third kappa shape index (κ3) is 21.7. The molecule has 0 aliphatic carbocycles. The zero-order valence-electron chi connectivity index (χ0n) is 43.2. The Labute approximate surface area is 444 Å². The van der Waals surface area contributed by atoms with Crippen molar-refractivity contribution in [2.75, 3.05) is 58.4 Å². The third-order valence-corrected chi connectivity index (χ3v) is 11.4. The number of aromatic nitrogens is 2. The zero-order valence-corrected chi connectivity index (χ0v) is 43.2. The van der Waals surface area contributed by atoms with E-state index in [1.807, 2.05) is 53.4 Å². The Morgan fingerprint density at radius 1 is 0.553 bits per heavy atom. The molecule has 2 heterocycles. The molecular weight excluding hydrogens is 969 g/mol. The number of anilines is 6. The van der Waals surface area contributed by atoms with Gasteiger partial charge in [0.2, 0.25) is 6.54 Å². The Balaban J connectivity index is 0.767. The molecule has 4 aromatic carbocycles. The van der Waals surface area contributed by atoms with E-state index in [1.54, 1.807) is 102 Å². The summed E-state index contributed by atoms with van der Waals surface area (Å²) in [7, 11) is 0. The van der Waals surface area contributed by atoms with Crippen LogP contribution < -0.4 is 72.4 Å². The maximum Gasteiger partial charge on any atom is 0.323 e. The second kappa shape index (κ2) is 32.1. The fourth-order valence-corrected chi connectivity index (χ4v) is 7.27. The monoisotopic (exact) mass is 1040 g/mol. The molecule has 11 N–H and O–H groups in total. The quantitative estimate of drug-likeness (QED) is 0.00834. The Kier molecular flexibility index (Phi) is 24.1. The summed E-state index contributed by atoms with van der Waals surface area (Å²) in [5.41, 5.74) is 19.6. The van der Waals surface area contributed by atoms with Crippen molar-refractivity contribution in [3.8, 4) is 11.5 Å². The first-order valence-electron chi connectivity index (χ1n) is 25.8. The molecule has 2 aromatic heterocycles. The Morgan fingerprint density at radius 3 is 1.62 bits per heavy atom. The van der Waals surface area contributed by atoms with Crippen molar-refractivity contribution in [1.82, 2.24) is 21.6 Å². The zero-order chi connectivity index (χ0) is 53.6. The molecule has 0 saturated heterocycles. The van der Waals surface area contributed by atoms with Gasteiger partial charge in [-0.2, -0.15) is 4.57 Å². The van der Waals surface area contributed by atoms with E-state index in [1.165, 1.54) is 0 Å². The highest BCUT2D eigenvalue weighted by atomic mass is 16.6. The van der Waals surface area contributed by atoms with Crippen LogP contribution in [-0.2, 0) is 29.3 Å². The van der Waals surface area contributed by atoms with Gasteiger partial charge in [-0.3, -0.25) is 25.3 Å². The summed E-state index contributed by atoms with van der Waals surface area (Å²) in [5, 5.41) is 24.8. The standard InChI is InChI=1S/C56H70N12O8/c1-3-5-35-74-50-27-23-46(24-28-50)61-55(72)59-44-15-19-48(20-16-44)63-65-52(69)39-67-33-11-13-42(37-67)41-76-58-32-10-8-7-9-31-57-54(71)43-14-12-34-68(38-43)40-53(70)66-64-49-21-17-45(18-22-49)60-56(73)62-47-25-29-51(30-26-47)75-36-6-4-2/h11-30,33-34,37-38,52,58,63-65,69H,3-10,31-32,35-36,39-41H2,1-2H3,(H4-2,57,59,60,61,62,66,70,71,72,73)/p+2. The lowest BCUT2D eigenvalue weighted by Gasteiger charge is -2.13. The van der Waals surface area contributed by atoms with Gasteiger partial charge in [0.05, 0.1) is 25.5 Å². The van der Waals surface area contributed by atoms with Gasteiger partial charge in [-0.25, -0.2) is 25.1 Å². The first-order chi connectivity index (χ1) is 37.1. The van der Waals surface area contributed by atoms with Crippen molar-refractivity contribution < 1.29 is 47.7 Å². The average molecular weight is 1040 g/mol. The van der Waals surface area contributed by atoms with Crippen LogP contribution in [0.15, 0.2) is 146 Å². The van der Waals surface area contributed by atoms with Crippen LogP contribution in [0.3, 0.4) is 0 Å². The van der Waals surface area contributed by atoms with Gasteiger partial charge in [-0.05, 0) is 135 Å². The number of rotatable bonds is 32. The van der Waals surface area contributed by atoms with Gasteiger partial charge in [-0.1, -0.05) is 39.5 Å². The summed E-state index contributed by atoms with van der Waals surface area (Å²) in [6, 6.07) is 34.9. The molecule has 0 aliphatic rings. The van der Waals surface area contributed by atoms with Gasteiger partial charge in [0.1, 0.15) is 17.1 Å². The summed E-state index contributed by atoms with van der Waals surface area (Å²) in [5.74, 6) is 0.979. The van der Waals surface area contributed by atoms with Crippen molar-refractivity contribution in [1.29, 1.82) is 0 Å². The van der Waals surface area contributed by atoms with E-state index in [2.05, 4.69) is 67.6 Å². The summed E-state index contributed by atoms with van der Waals surface area (Å²) in [4.78, 5) is 56.3. The van der Waals surface area contributed by atoms with Gasteiger partial charge in [0, 0.05) is 59.2 Å². The fraction of sp³-hybridized carbons (Fsp3) is 0.321. The maximum atomic E-state index is 12.9. The molecule has 0 fully saturated rings.